The average molecular weight is 397 g/mol. The second-order valence-corrected chi connectivity index (χ2v) is 13.6. The Morgan fingerprint density at radius 1 is 1.46 bits per heavy atom. The number of hydrogen-bond donors (Lipinski definition) is 1. The fourth-order valence-corrected chi connectivity index (χ4v) is 4.42. The molecule has 9 heteroatoms. The van der Waals surface area contributed by atoms with Gasteiger partial charge in [-0.3, -0.25) is 9.78 Å². The molecule has 0 bridgehead atoms. The Morgan fingerprint density at radius 3 is 2.65 bits per heavy atom. The molecule has 1 aromatic rings. The second-order valence-electron chi connectivity index (χ2n) is 7.61. The third kappa shape index (κ3) is 7.37. The van der Waals surface area contributed by atoms with E-state index in [1.165, 1.54) is 11.8 Å². The average Bonchev–Trinajstić information content (AvgIpc) is 2.55. The number of aromatic nitrogens is 1. The fraction of sp³-hybridized carbons (Fsp3) is 0.647. The quantitative estimate of drug-likeness (QED) is 0.263. The molecule has 0 radical (unpaired) electrons. The smallest absolute Gasteiger partial charge is 0.316 e. The molecular weight excluding hydrogens is 368 g/mol. The predicted octanol–water partition coefficient (Wildman–Crippen LogP) is 4.86. The van der Waals surface area contributed by atoms with Gasteiger partial charge in [0.2, 0.25) is 0 Å². The van der Waals surface area contributed by atoms with E-state index in [0.29, 0.717) is 12.2 Å². The number of thioether (sulfide) groups is 1. The lowest BCUT2D eigenvalue weighted by Gasteiger charge is -2.39. The van der Waals surface area contributed by atoms with Crippen molar-refractivity contribution in [3.8, 4) is 0 Å². The summed E-state index contributed by atoms with van der Waals surface area (Å²) >= 11 is 1.32. The number of nitrogens with zero attached hydrogens (tertiary/aromatic N) is 4. The summed E-state index contributed by atoms with van der Waals surface area (Å²) in [5.41, 5.74) is 9.49. The molecule has 2 unspecified atom stereocenters. The summed E-state index contributed by atoms with van der Waals surface area (Å²) in [6, 6.07) is 5.57. The maximum atomic E-state index is 11.7. The van der Waals surface area contributed by atoms with Gasteiger partial charge < -0.3 is 9.53 Å². The molecule has 0 fully saturated rings. The van der Waals surface area contributed by atoms with Crippen molar-refractivity contribution in [3.63, 3.8) is 0 Å². The highest BCUT2D eigenvalue weighted by atomic mass is 32.2. The second kappa shape index (κ2) is 9.96. The highest BCUT2D eigenvalue weighted by Crippen LogP contribution is 2.38. The van der Waals surface area contributed by atoms with Crippen LogP contribution in [0, 0.1) is 0 Å². The standard InChI is InChI=1S/C17H28N4O3SSi/c1-17(2,3)26(4,5)24-14(11-20-21-18)10-15(16(22)23)25-12-13-8-6-7-9-19-13/h6-9,14-15H,10-12H2,1-5H3,(H,22,23). The molecule has 144 valence electrons. The van der Waals surface area contributed by atoms with E-state index in [1.54, 1.807) is 6.20 Å². The van der Waals surface area contributed by atoms with Crippen molar-refractivity contribution in [2.75, 3.05) is 6.54 Å². The van der Waals surface area contributed by atoms with E-state index in [1.807, 2.05) is 18.2 Å². The van der Waals surface area contributed by atoms with Crippen molar-refractivity contribution in [3.05, 3.63) is 40.5 Å². The van der Waals surface area contributed by atoms with Crippen LogP contribution in [0.1, 0.15) is 32.9 Å². The molecule has 0 saturated heterocycles. The van der Waals surface area contributed by atoms with Crippen molar-refractivity contribution in [1.29, 1.82) is 0 Å². The molecule has 0 saturated carbocycles. The van der Waals surface area contributed by atoms with Crippen LogP contribution in [0.4, 0.5) is 0 Å². The molecule has 1 rings (SSSR count). The van der Waals surface area contributed by atoms with Crippen LogP contribution in [-0.2, 0) is 15.0 Å². The molecule has 0 amide bonds. The Hall–Kier alpha value is -1.54. The number of rotatable bonds is 10. The van der Waals surface area contributed by atoms with E-state index >= 15 is 0 Å². The van der Waals surface area contributed by atoms with E-state index in [2.05, 4.69) is 48.9 Å². The monoisotopic (exact) mass is 396 g/mol. The van der Waals surface area contributed by atoms with Gasteiger partial charge in [0.15, 0.2) is 8.32 Å². The zero-order valence-electron chi connectivity index (χ0n) is 16.0. The fourth-order valence-electron chi connectivity index (χ4n) is 2.03. The number of hydrogen-bond acceptors (Lipinski definition) is 5. The summed E-state index contributed by atoms with van der Waals surface area (Å²) in [6.07, 6.45) is 1.57. The molecule has 1 N–H and O–H groups in total. The van der Waals surface area contributed by atoms with Gasteiger partial charge in [-0.2, -0.15) is 0 Å². The molecule has 0 aliphatic carbocycles. The lowest BCUT2D eigenvalue weighted by molar-refractivity contribution is -0.136. The highest BCUT2D eigenvalue weighted by Gasteiger charge is 2.39. The lowest BCUT2D eigenvalue weighted by atomic mass is 10.2. The zero-order chi connectivity index (χ0) is 19.8. The van der Waals surface area contributed by atoms with Crippen LogP contribution in [0.15, 0.2) is 29.5 Å². The van der Waals surface area contributed by atoms with Crippen molar-refractivity contribution in [2.24, 2.45) is 5.11 Å². The van der Waals surface area contributed by atoms with E-state index in [-0.39, 0.29) is 11.6 Å². The number of carboxylic acid groups (broad SMARTS) is 1. The van der Waals surface area contributed by atoms with Gasteiger partial charge >= 0.3 is 5.97 Å². The van der Waals surface area contributed by atoms with Crippen molar-refractivity contribution >= 4 is 26.0 Å². The molecule has 26 heavy (non-hydrogen) atoms. The van der Waals surface area contributed by atoms with Crippen LogP contribution in [0.2, 0.25) is 18.1 Å². The number of carbonyl (C=O) groups is 1. The minimum atomic E-state index is -2.10. The topological polar surface area (TPSA) is 108 Å². The summed E-state index contributed by atoms with van der Waals surface area (Å²) in [7, 11) is -2.10. The molecule has 0 spiro atoms. The number of aliphatic carboxylic acids is 1. The Morgan fingerprint density at radius 2 is 2.15 bits per heavy atom. The molecule has 1 aromatic heterocycles. The van der Waals surface area contributed by atoms with E-state index in [0.717, 1.165) is 5.69 Å². The maximum Gasteiger partial charge on any atom is 0.316 e. The molecule has 0 aliphatic rings. The summed E-state index contributed by atoms with van der Waals surface area (Å²) in [5.74, 6) is -0.387. The zero-order valence-corrected chi connectivity index (χ0v) is 17.9. The maximum absolute atomic E-state index is 11.7. The van der Waals surface area contributed by atoms with Gasteiger partial charge in [-0.05, 0) is 42.2 Å². The summed E-state index contributed by atoms with van der Waals surface area (Å²) in [5, 5.41) is 12.6. The minimum absolute atomic E-state index is 0.0125. The van der Waals surface area contributed by atoms with Crippen molar-refractivity contribution in [2.45, 2.75) is 62.4 Å². The van der Waals surface area contributed by atoms with Gasteiger partial charge in [-0.1, -0.05) is 32.0 Å². The van der Waals surface area contributed by atoms with Crippen molar-refractivity contribution < 1.29 is 14.3 Å². The van der Waals surface area contributed by atoms with Crippen LogP contribution in [0.5, 0.6) is 0 Å². The summed E-state index contributed by atoms with van der Waals surface area (Å²) in [4.78, 5) is 18.7. The molecule has 2 atom stereocenters. The Bertz CT molecular complexity index is 631. The van der Waals surface area contributed by atoms with Gasteiger partial charge in [0.25, 0.3) is 0 Å². The van der Waals surface area contributed by atoms with Crippen LogP contribution in [0.25, 0.3) is 10.4 Å². The number of carboxylic acids is 1. The lowest BCUT2D eigenvalue weighted by Crippen LogP contribution is -2.45. The van der Waals surface area contributed by atoms with Crippen molar-refractivity contribution in [1.82, 2.24) is 4.98 Å². The molecular formula is C17H28N4O3SSi. The minimum Gasteiger partial charge on any atom is -0.480 e. The SMILES string of the molecule is CC(C)(C)[Si](C)(C)OC(CN=[N+]=[N-])CC(SCc1ccccn1)C(=O)O. The van der Waals surface area contributed by atoms with Crippen LogP contribution < -0.4 is 0 Å². The normalized spacial score (nSPS) is 14.3. The first-order valence-corrected chi connectivity index (χ1v) is 12.5. The molecule has 1 heterocycles. The van der Waals surface area contributed by atoms with E-state index < -0.39 is 25.6 Å². The first-order chi connectivity index (χ1) is 12.1. The van der Waals surface area contributed by atoms with Gasteiger partial charge in [-0.25, -0.2) is 0 Å². The summed E-state index contributed by atoms with van der Waals surface area (Å²) in [6.45, 7) is 10.7. The highest BCUT2D eigenvalue weighted by molar-refractivity contribution is 7.99. The van der Waals surface area contributed by atoms with Crippen LogP contribution >= 0.6 is 11.8 Å². The number of pyridine rings is 1. The predicted molar refractivity (Wildman–Crippen MR) is 108 cm³/mol. The van der Waals surface area contributed by atoms with Crippen LogP contribution in [-0.4, -0.2) is 42.3 Å². The van der Waals surface area contributed by atoms with E-state index in [4.69, 9.17) is 9.96 Å². The molecule has 7 nitrogen and oxygen atoms in total. The number of azide groups is 1. The first kappa shape index (κ1) is 22.5. The Kier molecular flexibility index (Phi) is 8.62. The van der Waals surface area contributed by atoms with Crippen LogP contribution in [0.3, 0.4) is 0 Å². The van der Waals surface area contributed by atoms with Gasteiger partial charge in [0, 0.05) is 16.9 Å². The third-order valence-corrected chi connectivity index (χ3v) is 10.3. The van der Waals surface area contributed by atoms with Gasteiger partial charge in [0.05, 0.1) is 18.3 Å². The summed E-state index contributed by atoms with van der Waals surface area (Å²) < 4.78 is 6.32. The van der Waals surface area contributed by atoms with Gasteiger partial charge in [0.1, 0.15) is 5.25 Å². The molecule has 0 aromatic carbocycles. The Balaban J connectivity index is 2.83. The first-order valence-electron chi connectivity index (χ1n) is 8.50. The Labute approximate surface area is 160 Å². The molecule has 0 aliphatic heterocycles. The third-order valence-electron chi connectivity index (χ3n) is 4.53. The largest absolute Gasteiger partial charge is 0.480 e. The van der Waals surface area contributed by atoms with Gasteiger partial charge in [-0.15, -0.1) is 11.8 Å². The van der Waals surface area contributed by atoms with E-state index in [9.17, 15) is 9.90 Å².